The van der Waals surface area contributed by atoms with E-state index in [1.54, 1.807) is 31.2 Å². The van der Waals surface area contributed by atoms with E-state index < -0.39 is 0 Å². The second-order valence-corrected chi connectivity index (χ2v) is 10.4. The van der Waals surface area contributed by atoms with E-state index in [1.807, 2.05) is 0 Å². The van der Waals surface area contributed by atoms with Crippen molar-refractivity contribution in [2.24, 2.45) is 17.3 Å². The van der Waals surface area contributed by atoms with Crippen molar-refractivity contribution >= 4 is 0 Å². The molecule has 0 atom stereocenters. The first-order valence-corrected chi connectivity index (χ1v) is 12.3. The van der Waals surface area contributed by atoms with Crippen LogP contribution in [0.3, 0.4) is 0 Å². The van der Waals surface area contributed by atoms with Crippen molar-refractivity contribution < 1.29 is 0 Å². The molecule has 0 amide bonds. The third-order valence-corrected chi connectivity index (χ3v) is 9.21. The quantitative estimate of drug-likeness (QED) is 0.426. The van der Waals surface area contributed by atoms with E-state index in [4.69, 9.17) is 0 Å². The highest BCUT2D eigenvalue weighted by atomic mass is 14.6. The van der Waals surface area contributed by atoms with Crippen LogP contribution in [-0.4, -0.2) is 0 Å². The molecule has 0 saturated heterocycles. The third kappa shape index (κ3) is 3.88. The highest BCUT2D eigenvalue weighted by Crippen LogP contribution is 2.62. The van der Waals surface area contributed by atoms with Crippen LogP contribution in [0.15, 0.2) is 24.3 Å². The number of fused-ring (bicyclic) bond motifs is 3. The van der Waals surface area contributed by atoms with Crippen molar-refractivity contribution in [1.29, 1.82) is 0 Å². The van der Waals surface area contributed by atoms with Gasteiger partial charge in [-0.05, 0) is 91.6 Å². The smallest absolute Gasteiger partial charge is 0.00463 e. The maximum absolute atomic E-state index is 2.47. The zero-order valence-corrected chi connectivity index (χ0v) is 18.1. The standard InChI is InChI=1S/C27H42/c1-3-5-6-7-23-10-14-25(15-11-23)27-19-16-26(17-20-27,18-21-27)24-12-8-22(4-2)9-13-24/h8-9,12-13,23,25H,3-7,10-11,14-21H2,1-2H3/t23-,25-,26?,27?. The first kappa shape index (κ1) is 19.5. The van der Waals surface area contributed by atoms with E-state index in [-0.39, 0.29) is 0 Å². The maximum Gasteiger partial charge on any atom is -0.00463 e. The van der Waals surface area contributed by atoms with Gasteiger partial charge in [-0.25, -0.2) is 0 Å². The molecule has 0 N–H and O–H groups in total. The van der Waals surface area contributed by atoms with Crippen LogP contribution in [0.2, 0.25) is 0 Å². The molecule has 0 aromatic heterocycles. The van der Waals surface area contributed by atoms with E-state index in [1.165, 1.54) is 69.8 Å². The van der Waals surface area contributed by atoms with Crippen LogP contribution in [0.5, 0.6) is 0 Å². The van der Waals surface area contributed by atoms with Gasteiger partial charge in [-0.1, -0.05) is 76.6 Å². The average Bonchev–Trinajstić information content (AvgIpc) is 2.76. The summed E-state index contributed by atoms with van der Waals surface area (Å²) in [6.07, 6.45) is 22.1. The molecule has 0 nitrogen and oxygen atoms in total. The Morgan fingerprint density at radius 1 is 0.778 bits per heavy atom. The van der Waals surface area contributed by atoms with Gasteiger partial charge in [0.05, 0.1) is 0 Å². The Bertz CT molecular complexity index is 562. The van der Waals surface area contributed by atoms with Gasteiger partial charge in [-0.2, -0.15) is 0 Å². The molecule has 0 heteroatoms. The normalized spacial score (nSPS) is 36.1. The Morgan fingerprint density at radius 3 is 1.96 bits per heavy atom. The summed E-state index contributed by atoms with van der Waals surface area (Å²) in [7, 11) is 0. The molecule has 4 saturated carbocycles. The molecule has 5 rings (SSSR count). The second kappa shape index (κ2) is 8.30. The van der Waals surface area contributed by atoms with Gasteiger partial charge in [0.2, 0.25) is 0 Å². The number of unbranched alkanes of at least 4 members (excludes halogenated alkanes) is 2. The number of aryl methyl sites for hydroxylation is 1. The molecule has 27 heavy (non-hydrogen) atoms. The molecular weight excluding hydrogens is 324 g/mol. The first-order chi connectivity index (χ1) is 13.2. The fraction of sp³-hybridized carbons (Fsp3) is 0.778. The second-order valence-electron chi connectivity index (χ2n) is 10.4. The number of rotatable bonds is 7. The first-order valence-electron chi connectivity index (χ1n) is 12.3. The number of hydrogen-bond acceptors (Lipinski definition) is 0. The SMILES string of the molecule is CCCCC[C@H]1CC[C@H](C23CCC(c4ccc(CC)cc4)(CC2)CC3)CC1. The van der Waals surface area contributed by atoms with Gasteiger partial charge < -0.3 is 0 Å². The van der Waals surface area contributed by atoms with Gasteiger partial charge >= 0.3 is 0 Å². The van der Waals surface area contributed by atoms with E-state index in [0.717, 1.165) is 23.7 Å². The minimum Gasteiger partial charge on any atom is -0.0654 e. The third-order valence-electron chi connectivity index (χ3n) is 9.21. The number of hydrogen-bond donors (Lipinski definition) is 0. The summed E-state index contributed by atoms with van der Waals surface area (Å²) >= 11 is 0. The molecular formula is C27H42. The summed E-state index contributed by atoms with van der Waals surface area (Å²) < 4.78 is 0. The predicted molar refractivity (Wildman–Crippen MR) is 117 cm³/mol. The van der Waals surface area contributed by atoms with Gasteiger partial charge in [0.15, 0.2) is 0 Å². The average molecular weight is 367 g/mol. The lowest BCUT2D eigenvalue weighted by Crippen LogP contribution is -2.48. The van der Waals surface area contributed by atoms with Crippen molar-refractivity contribution in [1.82, 2.24) is 0 Å². The molecule has 1 aromatic carbocycles. The number of benzene rings is 1. The van der Waals surface area contributed by atoms with Crippen LogP contribution in [0.1, 0.15) is 115 Å². The van der Waals surface area contributed by atoms with Crippen molar-refractivity contribution in [3.05, 3.63) is 35.4 Å². The highest BCUT2D eigenvalue weighted by Gasteiger charge is 2.52. The zero-order valence-electron chi connectivity index (χ0n) is 18.1. The molecule has 0 spiro atoms. The molecule has 0 heterocycles. The van der Waals surface area contributed by atoms with Crippen LogP contribution in [-0.2, 0) is 11.8 Å². The van der Waals surface area contributed by atoms with Crippen molar-refractivity contribution in [2.45, 2.75) is 116 Å². The van der Waals surface area contributed by atoms with Crippen LogP contribution in [0.4, 0.5) is 0 Å². The molecule has 2 bridgehead atoms. The Labute approximate surface area is 168 Å². The van der Waals surface area contributed by atoms with Crippen LogP contribution in [0, 0.1) is 17.3 Å². The zero-order chi connectivity index (χ0) is 18.7. The minimum absolute atomic E-state index is 0.533. The van der Waals surface area contributed by atoms with Gasteiger partial charge in [0.1, 0.15) is 0 Å². The Balaban J connectivity index is 1.34. The fourth-order valence-electron chi connectivity index (χ4n) is 7.10. The lowest BCUT2D eigenvalue weighted by Gasteiger charge is -2.58. The van der Waals surface area contributed by atoms with Crippen LogP contribution >= 0.6 is 0 Å². The van der Waals surface area contributed by atoms with Gasteiger partial charge in [0.25, 0.3) is 0 Å². The van der Waals surface area contributed by atoms with Gasteiger partial charge in [-0.3, -0.25) is 0 Å². The molecule has 4 aliphatic rings. The van der Waals surface area contributed by atoms with E-state index in [0.29, 0.717) is 5.41 Å². The summed E-state index contributed by atoms with van der Waals surface area (Å²) in [5.74, 6) is 2.12. The lowest BCUT2D eigenvalue weighted by atomic mass is 9.47. The Kier molecular flexibility index (Phi) is 6.00. The summed E-state index contributed by atoms with van der Waals surface area (Å²) in [6.45, 7) is 4.60. The van der Waals surface area contributed by atoms with Crippen molar-refractivity contribution in [3.8, 4) is 0 Å². The summed E-state index contributed by atoms with van der Waals surface area (Å²) in [5.41, 5.74) is 4.42. The van der Waals surface area contributed by atoms with Crippen LogP contribution < -0.4 is 0 Å². The van der Waals surface area contributed by atoms with Gasteiger partial charge in [0, 0.05) is 0 Å². The molecule has 0 unspecified atom stereocenters. The monoisotopic (exact) mass is 366 g/mol. The van der Waals surface area contributed by atoms with Crippen molar-refractivity contribution in [3.63, 3.8) is 0 Å². The Morgan fingerprint density at radius 2 is 1.41 bits per heavy atom. The highest BCUT2D eigenvalue weighted by molar-refractivity contribution is 5.31. The molecule has 0 aliphatic heterocycles. The molecule has 1 aromatic rings. The van der Waals surface area contributed by atoms with Crippen LogP contribution in [0.25, 0.3) is 0 Å². The lowest BCUT2D eigenvalue weighted by molar-refractivity contribution is -0.0294. The largest absolute Gasteiger partial charge is 0.0654 e. The molecule has 0 radical (unpaired) electrons. The summed E-state index contributed by atoms with van der Waals surface area (Å²) in [4.78, 5) is 0. The maximum atomic E-state index is 2.47. The summed E-state index contributed by atoms with van der Waals surface area (Å²) in [5, 5.41) is 0. The van der Waals surface area contributed by atoms with E-state index in [2.05, 4.69) is 38.1 Å². The van der Waals surface area contributed by atoms with E-state index >= 15 is 0 Å². The minimum atomic E-state index is 0.533. The van der Waals surface area contributed by atoms with E-state index in [9.17, 15) is 0 Å². The summed E-state index contributed by atoms with van der Waals surface area (Å²) in [6, 6.07) is 9.72. The molecule has 150 valence electrons. The predicted octanol–water partition coefficient (Wildman–Crippen LogP) is 8.23. The topological polar surface area (TPSA) is 0 Å². The van der Waals surface area contributed by atoms with Gasteiger partial charge in [-0.15, -0.1) is 0 Å². The fourth-order valence-corrected chi connectivity index (χ4v) is 7.10. The Hall–Kier alpha value is -0.780. The van der Waals surface area contributed by atoms with Crippen molar-refractivity contribution in [2.75, 3.05) is 0 Å². The molecule has 4 aliphatic carbocycles. The molecule has 4 fully saturated rings.